The summed E-state index contributed by atoms with van der Waals surface area (Å²) in [4.78, 5) is 11.5. The molecule has 1 heterocycles. The quantitative estimate of drug-likeness (QED) is 0.889. The van der Waals surface area contributed by atoms with E-state index in [-0.39, 0.29) is 5.91 Å². The predicted molar refractivity (Wildman–Crippen MR) is 59.1 cm³/mol. The molecule has 16 heavy (non-hydrogen) atoms. The molecule has 0 aliphatic rings. The van der Waals surface area contributed by atoms with Crippen molar-refractivity contribution >= 4 is 17.5 Å². The van der Waals surface area contributed by atoms with E-state index in [9.17, 15) is 4.79 Å². The summed E-state index contributed by atoms with van der Waals surface area (Å²) in [7, 11) is 0. The minimum absolute atomic E-state index is 0.235. The lowest BCUT2D eigenvalue weighted by molar-refractivity contribution is 0.0950. The van der Waals surface area contributed by atoms with Gasteiger partial charge in [-0.25, -0.2) is 0 Å². The van der Waals surface area contributed by atoms with Gasteiger partial charge in [0.2, 0.25) is 0 Å². The Morgan fingerprint density at radius 1 is 1.44 bits per heavy atom. The third-order valence-electron chi connectivity index (χ3n) is 2.09. The molecule has 0 atom stereocenters. The normalized spacial score (nSPS) is 10.1. The molecule has 2 rings (SSSR count). The number of halogens is 1. The first-order chi connectivity index (χ1) is 7.77. The summed E-state index contributed by atoms with van der Waals surface area (Å²) in [6.07, 6.45) is 2.66. The van der Waals surface area contributed by atoms with Crippen molar-refractivity contribution in [1.82, 2.24) is 10.5 Å². The van der Waals surface area contributed by atoms with E-state index in [2.05, 4.69) is 15.0 Å². The first kappa shape index (κ1) is 10.7. The molecule has 1 N–H and O–H groups in total. The molecule has 5 heteroatoms. The SMILES string of the molecule is O=C(NCc1ccccc1Cl)c1cnoc1. The zero-order chi connectivity index (χ0) is 11.4. The lowest BCUT2D eigenvalue weighted by Gasteiger charge is -2.04. The highest BCUT2D eigenvalue weighted by Gasteiger charge is 2.07. The van der Waals surface area contributed by atoms with Gasteiger partial charge in [-0.05, 0) is 11.6 Å². The van der Waals surface area contributed by atoms with E-state index in [1.165, 1.54) is 12.5 Å². The summed E-state index contributed by atoms with van der Waals surface area (Å²) < 4.78 is 4.57. The average Bonchev–Trinajstić information content (AvgIpc) is 2.81. The van der Waals surface area contributed by atoms with E-state index < -0.39 is 0 Å². The lowest BCUT2D eigenvalue weighted by atomic mass is 10.2. The standard InChI is InChI=1S/C11H9ClN2O2/c12-10-4-2-1-3-8(10)5-13-11(15)9-6-14-16-7-9/h1-4,6-7H,5H2,(H,13,15). The van der Waals surface area contributed by atoms with Gasteiger partial charge >= 0.3 is 0 Å². The van der Waals surface area contributed by atoms with E-state index in [4.69, 9.17) is 11.6 Å². The number of amides is 1. The smallest absolute Gasteiger partial charge is 0.256 e. The number of carbonyl (C=O) groups is 1. The Balaban J connectivity index is 1.98. The van der Waals surface area contributed by atoms with Crippen molar-refractivity contribution < 1.29 is 9.32 Å². The third kappa shape index (κ3) is 2.41. The molecule has 2 aromatic rings. The molecule has 0 saturated carbocycles. The second-order valence-electron chi connectivity index (χ2n) is 3.19. The van der Waals surface area contributed by atoms with Gasteiger partial charge < -0.3 is 9.84 Å². The summed E-state index contributed by atoms with van der Waals surface area (Å²) in [6, 6.07) is 7.35. The van der Waals surface area contributed by atoms with E-state index in [0.29, 0.717) is 17.1 Å². The first-order valence-corrected chi connectivity index (χ1v) is 5.06. The highest BCUT2D eigenvalue weighted by molar-refractivity contribution is 6.31. The molecule has 0 saturated heterocycles. The summed E-state index contributed by atoms with van der Waals surface area (Å²) in [5.41, 5.74) is 1.26. The fourth-order valence-corrected chi connectivity index (χ4v) is 1.44. The van der Waals surface area contributed by atoms with Crippen LogP contribution in [0.25, 0.3) is 0 Å². The maximum Gasteiger partial charge on any atom is 0.256 e. The van der Waals surface area contributed by atoms with Gasteiger partial charge in [0.15, 0.2) is 0 Å². The fourth-order valence-electron chi connectivity index (χ4n) is 1.24. The number of hydrogen-bond donors (Lipinski definition) is 1. The molecular formula is C11H9ClN2O2. The molecular weight excluding hydrogens is 228 g/mol. The topological polar surface area (TPSA) is 55.1 Å². The molecule has 0 fully saturated rings. The molecule has 1 aromatic heterocycles. The Labute approximate surface area is 97.2 Å². The van der Waals surface area contributed by atoms with Crippen LogP contribution in [0.3, 0.4) is 0 Å². The van der Waals surface area contributed by atoms with Crippen molar-refractivity contribution in [3.05, 3.63) is 52.9 Å². The molecule has 0 bridgehead atoms. The molecule has 0 unspecified atom stereocenters. The Bertz CT molecular complexity index is 482. The van der Waals surface area contributed by atoms with Crippen LogP contribution in [0, 0.1) is 0 Å². The number of hydrogen-bond acceptors (Lipinski definition) is 3. The van der Waals surface area contributed by atoms with Gasteiger partial charge in [0.1, 0.15) is 6.26 Å². The lowest BCUT2D eigenvalue weighted by Crippen LogP contribution is -2.22. The maximum atomic E-state index is 11.5. The summed E-state index contributed by atoms with van der Waals surface area (Å²) in [6.45, 7) is 0.379. The Morgan fingerprint density at radius 3 is 2.94 bits per heavy atom. The molecule has 0 spiro atoms. The Kier molecular flexibility index (Phi) is 3.22. The average molecular weight is 237 g/mol. The van der Waals surface area contributed by atoms with Crippen molar-refractivity contribution in [2.75, 3.05) is 0 Å². The molecule has 82 valence electrons. The number of rotatable bonds is 3. The van der Waals surface area contributed by atoms with Gasteiger partial charge in [-0.1, -0.05) is 35.0 Å². The minimum Gasteiger partial charge on any atom is -0.364 e. The second kappa shape index (κ2) is 4.81. The van der Waals surface area contributed by atoms with Gasteiger partial charge in [0, 0.05) is 11.6 Å². The number of nitrogens with one attached hydrogen (secondary N) is 1. The minimum atomic E-state index is -0.235. The second-order valence-corrected chi connectivity index (χ2v) is 3.59. The number of benzene rings is 1. The van der Waals surface area contributed by atoms with Crippen LogP contribution >= 0.6 is 11.6 Å². The van der Waals surface area contributed by atoms with Crippen LogP contribution in [0.5, 0.6) is 0 Å². The monoisotopic (exact) mass is 236 g/mol. The van der Waals surface area contributed by atoms with Crippen LogP contribution in [0.15, 0.2) is 41.2 Å². The van der Waals surface area contributed by atoms with E-state index in [1.807, 2.05) is 18.2 Å². The van der Waals surface area contributed by atoms with Gasteiger partial charge in [0.05, 0.1) is 11.8 Å². The van der Waals surface area contributed by atoms with E-state index in [0.717, 1.165) is 5.56 Å². The summed E-state index contributed by atoms with van der Waals surface area (Å²) >= 11 is 5.95. The van der Waals surface area contributed by atoms with Crippen molar-refractivity contribution in [1.29, 1.82) is 0 Å². The Morgan fingerprint density at radius 2 is 2.25 bits per heavy atom. The van der Waals surface area contributed by atoms with Crippen LogP contribution in [0.2, 0.25) is 5.02 Å². The van der Waals surface area contributed by atoms with Crippen molar-refractivity contribution in [3.8, 4) is 0 Å². The molecule has 0 aliphatic carbocycles. The van der Waals surface area contributed by atoms with Crippen molar-refractivity contribution in [2.24, 2.45) is 0 Å². The fraction of sp³-hybridized carbons (Fsp3) is 0.0909. The van der Waals surface area contributed by atoms with Gasteiger partial charge in [0.25, 0.3) is 5.91 Å². The first-order valence-electron chi connectivity index (χ1n) is 4.68. The number of nitrogens with zero attached hydrogens (tertiary/aromatic N) is 1. The van der Waals surface area contributed by atoms with Crippen LogP contribution in [-0.4, -0.2) is 11.1 Å². The highest BCUT2D eigenvalue weighted by Crippen LogP contribution is 2.14. The molecule has 1 amide bonds. The van der Waals surface area contributed by atoms with E-state index in [1.54, 1.807) is 6.07 Å². The van der Waals surface area contributed by atoms with Gasteiger partial charge in [-0.2, -0.15) is 0 Å². The number of carbonyl (C=O) groups excluding carboxylic acids is 1. The Hall–Kier alpha value is -1.81. The van der Waals surface area contributed by atoms with E-state index >= 15 is 0 Å². The summed E-state index contributed by atoms with van der Waals surface area (Å²) in [5, 5.41) is 6.81. The maximum absolute atomic E-state index is 11.5. The molecule has 0 radical (unpaired) electrons. The van der Waals surface area contributed by atoms with Crippen LogP contribution in [-0.2, 0) is 6.54 Å². The third-order valence-corrected chi connectivity index (χ3v) is 2.46. The molecule has 0 aliphatic heterocycles. The van der Waals surface area contributed by atoms with Crippen molar-refractivity contribution in [3.63, 3.8) is 0 Å². The summed E-state index contributed by atoms with van der Waals surface area (Å²) in [5.74, 6) is -0.235. The van der Waals surface area contributed by atoms with Crippen LogP contribution < -0.4 is 5.32 Å². The highest BCUT2D eigenvalue weighted by atomic mass is 35.5. The molecule has 1 aromatic carbocycles. The predicted octanol–water partition coefficient (Wildman–Crippen LogP) is 2.26. The zero-order valence-corrected chi connectivity index (χ0v) is 9.07. The molecule has 4 nitrogen and oxygen atoms in total. The van der Waals surface area contributed by atoms with Crippen molar-refractivity contribution in [2.45, 2.75) is 6.54 Å². The largest absolute Gasteiger partial charge is 0.364 e. The van der Waals surface area contributed by atoms with Gasteiger partial charge in [-0.15, -0.1) is 0 Å². The van der Waals surface area contributed by atoms with Crippen LogP contribution in [0.4, 0.5) is 0 Å². The van der Waals surface area contributed by atoms with Crippen LogP contribution in [0.1, 0.15) is 15.9 Å². The van der Waals surface area contributed by atoms with Gasteiger partial charge in [-0.3, -0.25) is 4.79 Å². The zero-order valence-electron chi connectivity index (χ0n) is 8.31. The number of aromatic nitrogens is 1.